The maximum atomic E-state index is 13.0. The van der Waals surface area contributed by atoms with Gasteiger partial charge in [0.05, 0.1) is 17.7 Å². The van der Waals surface area contributed by atoms with Gasteiger partial charge in [-0.1, -0.05) is 12.1 Å². The predicted molar refractivity (Wildman–Crippen MR) is 86.0 cm³/mol. The van der Waals surface area contributed by atoms with Crippen LogP contribution in [0, 0.1) is 6.92 Å². The zero-order chi connectivity index (χ0) is 18.4. The molecule has 3 rings (SSSR count). The van der Waals surface area contributed by atoms with E-state index in [4.69, 9.17) is 0 Å². The SMILES string of the molecule is Cc1ccc(C(=O)N2C[C@@H](O)C[C@@H]2c2cccc(C(F)(F)F)c2)n1C. The highest BCUT2D eigenvalue weighted by atomic mass is 19.4. The minimum atomic E-state index is -4.45. The lowest BCUT2D eigenvalue weighted by Crippen LogP contribution is -2.33. The Balaban J connectivity index is 1.95. The standard InChI is InChI=1S/C18H19F3N2O2/c1-11-6-7-15(22(11)2)17(25)23-10-14(24)9-16(23)12-4-3-5-13(8-12)18(19,20)21/h3-8,14,16,24H,9-10H2,1-2H3/t14-,16+/m0/s1. The lowest BCUT2D eigenvalue weighted by molar-refractivity contribution is -0.137. The Morgan fingerprint density at radius 2 is 1.96 bits per heavy atom. The van der Waals surface area contributed by atoms with Gasteiger partial charge >= 0.3 is 6.18 Å². The number of aliphatic hydroxyl groups is 1. The molecule has 2 heterocycles. The first-order chi connectivity index (χ1) is 11.7. The molecule has 1 aliphatic heterocycles. The van der Waals surface area contributed by atoms with E-state index in [1.54, 1.807) is 29.8 Å². The van der Waals surface area contributed by atoms with E-state index < -0.39 is 23.9 Å². The van der Waals surface area contributed by atoms with Crippen molar-refractivity contribution in [3.63, 3.8) is 0 Å². The molecular formula is C18H19F3N2O2. The van der Waals surface area contributed by atoms with Crippen molar-refractivity contribution in [2.45, 2.75) is 31.7 Å². The van der Waals surface area contributed by atoms with Crippen molar-refractivity contribution in [1.82, 2.24) is 9.47 Å². The second kappa shape index (κ2) is 6.22. The minimum absolute atomic E-state index is 0.101. The highest BCUT2D eigenvalue weighted by Gasteiger charge is 2.38. The quantitative estimate of drug-likeness (QED) is 0.901. The average molecular weight is 352 g/mol. The largest absolute Gasteiger partial charge is 0.416 e. The first-order valence-corrected chi connectivity index (χ1v) is 7.97. The highest BCUT2D eigenvalue weighted by Crippen LogP contribution is 2.36. The molecule has 0 bridgehead atoms. The van der Waals surface area contributed by atoms with Crippen molar-refractivity contribution in [3.05, 3.63) is 58.9 Å². The maximum Gasteiger partial charge on any atom is 0.416 e. The minimum Gasteiger partial charge on any atom is -0.391 e. The van der Waals surface area contributed by atoms with Crippen LogP contribution >= 0.6 is 0 Å². The molecule has 1 aromatic heterocycles. The number of hydrogen-bond acceptors (Lipinski definition) is 2. The summed E-state index contributed by atoms with van der Waals surface area (Å²) in [5.41, 5.74) is 0.974. The van der Waals surface area contributed by atoms with Crippen molar-refractivity contribution in [3.8, 4) is 0 Å². The van der Waals surface area contributed by atoms with Gasteiger partial charge in [0.1, 0.15) is 5.69 Å². The number of aromatic nitrogens is 1. The number of aliphatic hydroxyl groups excluding tert-OH is 1. The van der Waals surface area contributed by atoms with E-state index in [0.29, 0.717) is 11.3 Å². The van der Waals surface area contributed by atoms with Crippen LogP contribution in [0.15, 0.2) is 36.4 Å². The molecule has 1 N–H and O–H groups in total. The second-order valence-corrected chi connectivity index (χ2v) is 6.41. The molecule has 7 heteroatoms. The predicted octanol–water partition coefficient (Wildman–Crippen LogP) is 3.30. The second-order valence-electron chi connectivity index (χ2n) is 6.41. The lowest BCUT2D eigenvalue weighted by Gasteiger charge is -2.25. The summed E-state index contributed by atoms with van der Waals surface area (Å²) in [5, 5.41) is 10.0. The molecule has 0 aliphatic carbocycles. The van der Waals surface area contributed by atoms with Crippen molar-refractivity contribution in [1.29, 1.82) is 0 Å². The van der Waals surface area contributed by atoms with Crippen molar-refractivity contribution in [2.75, 3.05) is 6.54 Å². The van der Waals surface area contributed by atoms with Crippen LogP contribution in [0.25, 0.3) is 0 Å². The summed E-state index contributed by atoms with van der Waals surface area (Å²) < 4.78 is 40.7. The fourth-order valence-corrected chi connectivity index (χ4v) is 3.25. The molecule has 1 aromatic carbocycles. The molecule has 25 heavy (non-hydrogen) atoms. The highest BCUT2D eigenvalue weighted by molar-refractivity contribution is 5.93. The van der Waals surface area contributed by atoms with Crippen LogP contribution in [0.2, 0.25) is 0 Å². The molecule has 1 fully saturated rings. The topological polar surface area (TPSA) is 45.5 Å². The van der Waals surface area contributed by atoms with Gasteiger partial charge in [0.2, 0.25) is 0 Å². The van der Waals surface area contributed by atoms with Crippen molar-refractivity contribution in [2.24, 2.45) is 7.05 Å². The van der Waals surface area contributed by atoms with Gasteiger partial charge in [-0.2, -0.15) is 13.2 Å². The third kappa shape index (κ3) is 3.28. The van der Waals surface area contributed by atoms with Crippen LogP contribution in [0.4, 0.5) is 13.2 Å². The Morgan fingerprint density at radius 1 is 1.24 bits per heavy atom. The summed E-state index contributed by atoms with van der Waals surface area (Å²) in [4.78, 5) is 14.3. The number of nitrogens with zero attached hydrogens (tertiary/aromatic N) is 2. The molecule has 0 saturated carbocycles. The van der Waals surface area contributed by atoms with Gasteiger partial charge in [-0.05, 0) is 43.2 Å². The number of β-amino-alcohol motifs (C(OH)–C–C–N with tert-alkyl or cyclic N) is 1. The number of carbonyl (C=O) groups excluding carboxylic acids is 1. The number of halogens is 3. The molecule has 2 aromatic rings. The Hall–Kier alpha value is -2.28. The van der Waals surface area contributed by atoms with Crippen LogP contribution in [0.1, 0.15) is 39.8 Å². The molecule has 1 aliphatic rings. The van der Waals surface area contributed by atoms with Crippen molar-refractivity contribution >= 4 is 5.91 Å². The van der Waals surface area contributed by atoms with E-state index in [1.165, 1.54) is 11.0 Å². The first kappa shape index (κ1) is 17.5. The van der Waals surface area contributed by atoms with E-state index in [9.17, 15) is 23.1 Å². The number of aryl methyl sites for hydroxylation is 1. The Morgan fingerprint density at radius 3 is 2.56 bits per heavy atom. The number of amides is 1. The molecule has 2 atom stereocenters. The lowest BCUT2D eigenvalue weighted by atomic mass is 10.0. The van der Waals surface area contributed by atoms with Gasteiger partial charge in [0, 0.05) is 19.3 Å². The zero-order valence-corrected chi connectivity index (χ0v) is 13.9. The van der Waals surface area contributed by atoms with Gasteiger partial charge in [-0.25, -0.2) is 0 Å². The van der Waals surface area contributed by atoms with Crippen LogP contribution in [-0.4, -0.2) is 33.1 Å². The van der Waals surface area contributed by atoms with E-state index in [-0.39, 0.29) is 18.9 Å². The van der Waals surface area contributed by atoms with Crippen molar-refractivity contribution < 1.29 is 23.1 Å². The smallest absolute Gasteiger partial charge is 0.391 e. The third-order valence-corrected chi connectivity index (χ3v) is 4.73. The van der Waals surface area contributed by atoms with E-state index in [0.717, 1.165) is 17.8 Å². The number of benzene rings is 1. The Bertz CT molecular complexity index is 798. The third-order valence-electron chi connectivity index (χ3n) is 4.73. The Labute approximate surface area is 143 Å². The van der Waals surface area contributed by atoms with E-state index in [1.807, 2.05) is 6.92 Å². The molecule has 0 spiro atoms. The van der Waals surface area contributed by atoms with Gasteiger partial charge in [-0.15, -0.1) is 0 Å². The number of rotatable bonds is 2. The van der Waals surface area contributed by atoms with Crippen LogP contribution in [0.3, 0.4) is 0 Å². The van der Waals surface area contributed by atoms with E-state index >= 15 is 0 Å². The number of likely N-dealkylation sites (tertiary alicyclic amines) is 1. The number of carbonyl (C=O) groups is 1. The molecule has 1 saturated heterocycles. The van der Waals surface area contributed by atoms with Gasteiger partial charge in [-0.3, -0.25) is 4.79 Å². The molecule has 4 nitrogen and oxygen atoms in total. The monoisotopic (exact) mass is 352 g/mol. The number of hydrogen-bond donors (Lipinski definition) is 1. The summed E-state index contributed by atoms with van der Waals surface area (Å²) in [6.07, 6.45) is -4.99. The van der Waals surface area contributed by atoms with E-state index in [2.05, 4.69) is 0 Å². The summed E-state index contributed by atoms with van der Waals surface area (Å²) >= 11 is 0. The molecule has 1 amide bonds. The normalized spacial score (nSPS) is 21.0. The summed E-state index contributed by atoms with van der Waals surface area (Å²) in [6, 6.07) is 7.86. The maximum absolute atomic E-state index is 13.0. The summed E-state index contributed by atoms with van der Waals surface area (Å²) in [5.74, 6) is -0.297. The average Bonchev–Trinajstić information content (AvgIpc) is 3.10. The van der Waals surface area contributed by atoms with Gasteiger partial charge < -0.3 is 14.6 Å². The van der Waals surface area contributed by atoms with Gasteiger partial charge in [0.15, 0.2) is 0 Å². The summed E-state index contributed by atoms with van der Waals surface area (Å²) in [6.45, 7) is 1.96. The first-order valence-electron chi connectivity index (χ1n) is 7.97. The molecule has 0 unspecified atom stereocenters. The van der Waals surface area contributed by atoms with Crippen LogP contribution in [0.5, 0.6) is 0 Å². The fraction of sp³-hybridized carbons (Fsp3) is 0.389. The number of alkyl halides is 3. The zero-order valence-electron chi connectivity index (χ0n) is 13.9. The molecule has 0 radical (unpaired) electrons. The summed E-state index contributed by atoms with van der Waals surface area (Å²) in [7, 11) is 1.76. The molecule has 134 valence electrons. The van der Waals surface area contributed by atoms with Crippen LogP contribution < -0.4 is 0 Å². The Kier molecular flexibility index (Phi) is 4.36. The van der Waals surface area contributed by atoms with Gasteiger partial charge in [0.25, 0.3) is 5.91 Å². The van der Waals surface area contributed by atoms with Crippen LogP contribution in [-0.2, 0) is 13.2 Å². The fourth-order valence-electron chi connectivity index (χ4n) is 3.25. The molecular weight excluding hydrogens is 333 g/mol.